The van der Waals surface area contributed by atoms with E-state index in [1.54, 1.807) is 11.3 Å². The van der Waals surface area contributed by atoms with E-state index in [0.29, 0.717) is 30.7 Å². The largest absolute Gasteiger partial charge is 0.396 e. The fourth-order valence-corrected chi connectivity index (χ4v) is 7.23. The lowest BCUT2D eigenvalue weighted by molar-refractivity contribution is -0.0396. The molecule has 0 atom stereocenters. The second kappa shape index (κ2) is 12.2. The van der Waals surface area contributed by atoms with E-state index in [9.17, 15) is 5.11 Å². The van der Waals surface area contributed by atoms with E-state index in [0.717, 1.165) is 84.3 Å². The fourth-order valence-electron chi connectivity index (χ4n) is 6.21. The number of hydrogen-bond donors (Lipinski definition) is 1. The van der Waals surface area contributed by atoms with Crippen LogP contribution in [-0.2, 0) is 4.74 Å². The molecule has 2 aliphatic carbocycles. The molecule has 0 spiro atoms. The summed E-state index contributed by atoms with van der Waals surface area (Å²) in [6, 6.07) is 8.48. The molecule has 1 saturated heterocycles. The quantitative estimate of drug-likeness (QED) is 0.384. The second-order valence-corrected chi connectivity index (χ2v) is 12.3. The summed E-state index contributed by atoms with van der Waals surface area (Å²) >= 11 is 1.71. The molecule has 8 heteroatoms. The third kappa shape index (κ3) is 6.08. The summed E-state index contributed by atoms with van der Waals surface area (Å²) in [5, 5.41) is 20.5. The molecule has 7 nitrogen and oxygen atoms in total. The molecule has 1 aromatic carbocycles. The Bertz CT molecular complexity index is 1150. The molecule has 0 unspecified atom stereocenters. The number of benzene rings is 1. The lowest BCUT2D eigenvalue weighted by atomic mass is 9.83. The van der Waals surface area contributed by atoms with Gasteiger partial charge in [-0.1, -0.05) is 54.9 Å². The summed E-state index contributed by atoms with van der Waals surface area (Å²) in [6.07, 6.45) is 17.7. The molecule has 3 fully saturated rings. The van der Waals surface area contributed by atoms with Gasteiger partial charge in [0.1, 0.15) is 10.0 Å². The average Bonchev–Trinajstić information content (AvgIpc) is 3.49. The summed E-state index contributed by atoms with van der Waals surface area (Å²) < 4.78 is 6.39. The van der Waals surface area contributed by atoms with Crippen LogP contribution in [0.2, 0.25) is 0 Å². The molecule has 6 rings (SSSR count). The van der Waals surface area contributed by atoms with Crippen molar-refractivity contribution in [1.29, 1.82) is 0 Å². The Morgan fingerprint density at radius 2 is 1.42 bits per heavy atom. The highest BCUT2D eigenvalue weighted by atomic mass is 32.1. The van der Waals surface area contributed by atoms with Gasteiger partial charge in [-0.15, -0.1) is 10.2 Å². The van der Waals surface area contributed by atoms with Crippen LogP contribution in [0, 0.1) is 5.92 Å². The molecule has 2 saturated carbocycles. The Balaban J connectivity index is 1.03. The number of anilines is 1. The first-order valence-electron chi connectivity index (χ1n) is 14.5. The van der Waals surface area contributed by atoms with Crippen LogP contribution in [0.4, 0.5) is 5.95 Å². The Kier molecular flexibility index (Phi) is 8.28. The molecule has 0 radical (unpaired) electrons. The van der Waals surface area contributed by atoms with Gasteiger partial charge in [0.15, 0.2) is 0 Å². The minimum absolute atomic E-state index is 0.308. The molecule has 38 heavy (non-hydrogen) atoms. The monoisotopic (exact) mass is 533 g/mol. The highest BCUT2D eigenvalue weighted by Gasteiger charge is 2.26. The number of ether oxygens (including phenoxy) is 1. The lowest BCUT2D eigenvalue weighted by Crippen LogP contribution is -2.39. The van der Waals surface area contributed by atoms with Crippen molar-refractivity contribution in [1.82, 2.24) is 20.2 Å². The standard InChI is InChI=1S/C30H39N5O2S/c36-20-21-6-8-23(9-7-21)28-33-34-29(38-28)24-12-10-22(11-13-24)25-18-31-30(32-19-25)35-16-14-27(15-17-35)37-26-4-2-1-3-5-26/h10-13,18-19,21,23,26-27,36H,1-9,14-17,20H2/t21-,23-. The number of aliphatic hydroxyl groups excluding tert-OH is 1. The van der Waals surface area contributed by atoms with Crippen LogP contribution in [-0.4, -0.2) is 57.2 Å². The van der Waals surface area contributed by atoms with E-state index in [4.69, 9.17) is 14.7 Å². The van der Waals surface area contributed by atoms with Gasteiger partial charge in [-0.25, -0.2) is 9.97 Å². The molecule has 0 bridgehead atoms. The van der Waals surface area contributed by atoms with Crippen molar-refractivity contribution >= 4 is 17.3 Å². The highest BCUT2D eigenvalue weighted by molar-refractivity contribution is 7.14. The molecule has 3 aliphatic rings. The summed E-state index contributed by atoms with van der Waals surface area (Å²) in [6.45, 7) is 2.22. The molecule has 1 N–H and O–H groups in total. The minimum Gasteiger partial charge on any atom is -0.396 e. The summed E-state index contributed by atoms with van der Waals surface area (Å²) in [7, 11) is 0. The van der Waals surface area contributed by atoms with Crippen LogP contribution in [0.5, 0.6) is 0 Å². The molecule has 202 valence electrons. The van der Waals surface area contributed by atoms with Gasteiger partial charge in [-0.3, -0.25) is 0 Å². The number of aliphatic hydroxyl groups is 1. The zero-order valence-electron chi connectivity index (χ0n) is 22.2. The van der Waals surface area contributed by atoms with Crippen molar-refractivity contribution in [2.24, 2.45) is 5.92 Å². The molecule has 3 aromatic rings. The Morgan fingerprint density at radius 1 is 0.763 bits per heavy atom. The zero-order valence-corrected chi connectivity index (χ0v) is 23.0. The molecule has 3 heterocycles. The third-order valence-corrected chi connectivity index (χ3v) is 9.79. The molecule has 2 aromatic heterocycles. The van der Waals surface area contributed by atoms with Crippen molar-refractivity contribution in [3.05, 3.63) is 41.7 Å². The minimum atomic E-state index is 0.308. The first-order chi connectivity index (χ1) is 18.7. The van der Waals surface area contributed by atoms with Crippen LogP contribution in [0.15, 0.2) is 36.7 Å². The Hall–Kier alpha value is -2.42. The van der Waals surface area contributed by atoms with Crippen molar-refractivity contribution in [3.63, 3.8) is 0 Å². The maximum absolute atomic E-state index is 9.39. The SMILES string of the molecule is OC[C@H]1CC[C@H](c2nnc(-c3ccc(-c4cnc(N5CCC(OC6CCCCC6)CC5)nc4)cc3)s2)CC1. The number of rotatable bonds is 7. The van der Waals surface area contributed by atoms with Gasteiger partial charge in [0.25, 0.3) is 0 Å². The Labute approximate surface area is 229 Å². The Morgan fingerprint density at radius 3 is 2.11 bits per heavy atom. The van der Waals surface area contributed by atoms with E-state index in [1.807, 2.05) is 12.4 Å². The zero-order chi connectivity index (χ0) is 25.7. The average molecular weight is 534 g/mol. The number of piperidine rings is 1. The first kappa shape index (κ1) is 25.8. The lowest BCUT2D eigenvalue weighted by Gasteiger charge is -2.34. The van der Waals surface area contributed by atoms with Gasteiger partial charge in [0.2, 0.25) is 5.95 Å². The van der Waals surface area contributed by atoms with Gasteiger partial charge in [0.05, 0.1) is 12.2 Å². The van der Waals surface area contributed by atoms with Gasteiger partial charge >= 0.3 is 0 Å². The molecular formula is C30H39N5O2S. The van der Waals surface area contributed by atoms with Crippen LogP contribution < -0.4 is 4.90 Å². The number of aromatic nitrogens is 4. The predicted octanol–water partition coefficient (Wildman–Crippen LogP) is 6.25. The maximum atomic E-state index is 9.39. The van der Waals surface area contributed by atoms with Crippen molar-refractivity contribution < 1.29 is 9.84 Å². The molecule has 0 amide bonds. The molecule has 1 aliphatic heterocycles. The topological polar surface area (TPSA) is 84.3 Å². The number of hydrogen-bond acceptors (Lipinski definition) is 8. The smallest absolute Gasteiger partial charge is 0.225 e. The van der Waals surface area contributed by atoms with Gasteiger partial charge in [-0.05, 0) is 62.8 Å². The summed E-state index contributed by atoms with van der Waals surface area (Å²) in [4.78, 5) is 11.7. The normalized spacial score (nSPS) is 23.6. The van der Waals surface area contributed by atoms with Crippen molar-refractivity contribution in [2.45, 2.75) is 88.8 Å². The van der Waals surface area contributed by atoms with Crippen LogP contribution in [0.3, 0.4) is 0 Å². The summed E-state index contributed by atoms with van der Waals surface area (Å²) in [5.41, 5.74) is 3.22. The highest BCUT2D eigenvalue weighted by Crippen LogP contribution is 2.38. The summed E-state index contributed by atoms with van der Waals surface area (Å²) in [5.74, 6) is 1.76. The van der Waals surface area contributed by atoms with E-state index < -0.39 is 0 Å². The van der Waals surface area contributed by atoms with E-state index in [1.165, 1.54) is 32.1 Å². The van der Waals surface area contributed by atoms with Gasteiger partial charge in [-0.2, -0.15) is 0 Å². The van der Waals surface area contributed by atoms with E-state index in [2.05, 4.69) is 39.4 Å². The van der Waals surface area contributed by atoms with E-state index >= 15 is 0 Å². The van der Waals surface area contributed by atoms with Crippen LogP contribution in [0.1, 0.15) is 81.6 Å². The van der Waals surface area contributed by atoms with Gasteiger partial charge < -0.3 is 14.7 Å². The van der Waals surface area contributed by atoms with Crippen LogP contribution in [0.25, 0.3) is 21.7 Å². The number of nitrogens with zero attached hydrogens (tertiary/aromatic N) is 5. The predicted molar refractivity (Wildman–Crippen MR) is 151 cm³/mol. The van der Waals surface area contributed by atoms with Gasteiger partial charge in [0, 0.05) is 49.1 Å². The van der Waals surface area contributed by atoms with E-state index in [-0.39, 0.29) is 0 Å². The maximum Gasteiger partial charge on any atom is 0.225 e. The van der Waals surface area contributed by atoms with Crippen molar-refractivity contribution in [2.75, 3.05) is 24.6 Å². The first-order valence-corrected chi connectivity index (χ1v) is 15.3. The second-order valence-electron chi connectivity index (χ2n) is 11.3. The van der Waals surface area contributed by atoms with Crippen molar-refractivity contribution in [3.8, 4) is 21.7 Å². The fraction of sp³-hybridized carbons (Fsp3) is 0.600. The van der Waals surface area contributed by atoms with Crippen LogP contribution >= 0.6 is 11.3 Å². The third-order valence-electron chi connectivity index (χ3n) is 8.66. The molecular weight excluding hydrogens is 494 g/mol.